The fraction of sp³-hybridized carbons (Fsp3) is 0.182. The highest BCUT2D eigenvalue weighted by Crippen LogP contribution is 2.21. The molecule has 16 heavy (non-hydrogen) atoms. The largest absolute Gasteiger partial charge is 0.339 e. The first-order chi connectivity index (χ1) is 7.70. The van der Waals surface area contributed by atoms with Crippen molar-refractivity contribution in [1.82, 2.24) is 15.3 Å². The molecule has 0 radical (unpaired) electrons. The predicted molar refractivity (Wildman–Crippen MR) is 61.8 cm³/mol. The van der Waals surface area contributed by atoms with Crippen molar-refractivity contribution < 1.29 is 4.39 Å². The molecule has 0 unspecified atom stereocenters. The number of benzene rings is 1. The Morgan fingerprint density at radius 2 is 2.31 bits per heavy atom. The van der Waals surface area contributed by atoms with Crippen molar-refractivity contribution in [3.05, 3.63) is 40.9 Å². The maximum atomic E-state index is 13.0. The number of aromatic amines is 1. The summed E-state index contributed by atoms with van der Waals surface area (Å²) in [4.78, 5) is 7.20. The molecule has 1 heterocycles. The van der Waals surface area contributed by atoms with Gasteiger partial charge in [0.15, 0.2) is 5.15 Å². The molecule has 2 N–H and O–H groups in total. The Hall–Kier alpha value is -1.39. The van der Waals surface area contributed by atoms with E-state index in [1.165, 1.54) is 12.1 Å². The lowest BCUT2D eigenvalue weighted by molar-refractivity contribution is 0.628. The van der Waals surface area contributed by atoms with Crippen LogP contribution >= 0.6 is 11.6 Å². The van der Waals surface area contributed by atoms with Crippen LogP contribution < -0.4 is 5.32 Å². The molecule has 84 valence electrons. The lowest BCUT2D eigenvalue weighted by atomic mass is 10.2. The first-order valence-corrected chi connectivity index (χ1v) is 5.23. The van der Waals surface area contributed by atoms with Crippen LogP contribution in [0.15, 0.2) is 24.3 Å². The van der Waals surface area contributed by atoms with Gasteiger partial charge in [0.1, 0.15) is 11.6 Å². The van der Waals surface area contributed by atoms with Gasteiger partial charge in [-0.3, -0.25) is 0 Å². The summed E-state index contributed by atoms with van der Waals surface area (Å²) in [5.41, 5.74) is 1.48. The Morgan fingerprint density at radius 3 is 3.00 bits per heavy atom. The van der Waals surface area contributed by atoms with Crippen LogP contribution in [0.2, 0.25) is 5.15 Å². The number of rotatable bonds is 3. The fourth-order valence-electron chi connectivity index (χ4n) is 1.45. The Morgan fingerprint density at radius 1 is 1.50 bits per heavy atom. The molecule has 3 nitrogen and oxygen atoms in total. The molecule has 0 aliphatic rings. The zero-order valence-corrected chi connectivity index (χ0v) is 9.48. The maximum absolute atomic E-state index is 13.0. The van der Waals surface area contributed by atoms with Gasteiger partial charge in [0, 0.05) is 12.1 Å². The second kappa shape index (κ2) is 4.63. The van der Waals surface area contributed by atoms with Crippen molar-refractivity contribution in [2.45, 2.75) is 6.54 Å². The average Bonchev–Trinajstić information content (AvgIpc) is 2.61. The third kappa shape index (κ3) is 2.23. The van der Waals surface area contributed by atoms with Crippen LogP contribution in [-0.4, -0.2) is 17.0 Å². The van der Waals surface area contributed by atoms with E-state index in [0.29, 0.717) is 23.1 Å². The van der Waals surface area contributed by atoms with Gasteiger partial charge in [-0.15, -0.1) is 0 Å². The Labute approximate surface area is 97.7 Å². The quantitative estimate of drug-likeness (QED) is 0.865. The first kappa shape index (κ1) is 11.1. The summed E-state index contributed by atoms with van der Waals surface area (Å²) in [6.07, 6.45) is 0. The van der Waals surface area contributed by atoms with Crippen molar-refractivity contribution in [2.24, 2.45) is 0 Å². The van der Waals surface area contributed by atoms with E-state index in [2.05, 4.69) is 15.3 Å². The second-order valence-electron chi connectivity index (χ2n) is 3.40. The van der Waals surface area contributed by atoms with Gasteiger partial charge in [-0.25, -0.2) is 9.37 Å². The molecule has 2 aromatic rings. The third-order valence-corrected chi connectivity index (χ3v) is 2.49. The molecule has 0 fully saturated rings. The fourth-order valence-corrected chi connectivity index (χ4v) is 1.65. The molecule has 0 aliphatic heterocycles. The van der Waals surface area contributed by atoms with Gasteiger partial charge >= 0.3 is 0 Å². The molecule has 0 atom stereocenters. The zero-order valence-electron chi connectivity index (χ0n) is 8.72. The topological polar surface area (TPSA) is 40.7 Å². The second-order valence-corrected chi connectivity index (χ2v) is 3.75. The standard InChI is InChI=1S/C11H11ClFN3/c1-14-6-9-10(12)16-11(15-9)7-3-2-4-8(13)5-7/h2-5,14H,6H2,1H3,(H,15,16). The van der Waals surface area contributed by atoms with Crippen molar-refractivity contribution in [2.75, 3.05) is 7.05 Å². The van der Waals surface area contributed by atoms with Crippen LogP contribution in [0.1, 0.15) is 5.69 Å². The van der Waals surface area contributed by atoms with Gasteiger partial charge in [0.05, 0.1) is 5.69 Å². The molecule has 2 rings (SSSR count). The van der Waals surface area contributed by atoms with Crippen molar-refractivity contribution in [3.8, 4) is 11.4 Å². The van der Waals surface area contributed by atoms with Gasteiger partial charge in [-0.1, -0.05) is 23.7 Å². The van der Waals surface area contributed by atoms with Crippen LogP contribution in [0.25, 0.3) is 11.4 Å². The van der Waals surface area contributed by atoms with Crippen LogP contribution in [0.5, 0.6) is 0 Å². The minimum absolute atomic E-state index is 0.291. The lowest BCUT2D eigenvalue weighted by Gasteiger charge is -1.97. The summed E-state index contributed by atoms with van der Waals surface area (Å²) in [7, 11) is 1.82. The number of hydrogen-bond donors (Lipinski definition) is 2. The summed E-state index contributed by atoms with van der Waals surface area (Å²) in [5.74, 6) is 0.287. The average molecular weight is 240 g/mol. The highest BCUT2D eigenvalue weighted by atomic mass is 35.5. The molecule has 0 saturated carbocycles. The van der Waals surface area contributed by atoms with E-state index in [1.807, 2.05) is 7.05 Å². The Bertz CT molecular complexity index is 496. The minimum atomic E-state index is -0.291. The SMILES string of the molecule is CNCc1[nH]c(-c2cccc(F)c2)nc1Cl. The van der Waals surface area contributed by atoms with E-state index in [1.54, 1.807) is 12.1 Å². The van der Waals surface area contributed by atoms with E-state index < -0.39 is 0 Å². The smallest absolute Gasteiger partial charge is 0.152 e. The summed E-state index contributed by atoms with van der Waals surface area (Å²) in [6, 6.07) is 6.22. The third-order valence-electron chi connectivity index (χ3n) is 2.18. The van der Waals surface area contributed by atoms with Gasteiger partial charge in [-0.2, -0.15) is 0 Å². The van der Waals surface area contributed by atoms with E-state index in [4.69, 9.17) is 11.6 Å². The molecule has 0 saturated heterocycles. The lowest BCUT2D eigenvalue weighted by Crippen LogP contribution is -2.05. The number of H-pyrrole nitrogens is 1. The van der Waals surface area contributed by atoms with Crippen molar-refractivity contribution >= 4 is 11.6 Å². The molecule has 1 aromatic heterocycles. The van der Waals surface area contributed by atoms with E-state index >= 15 is 0 Å². The van der Waals surface area contributed by atoms with E-state index in [-0.39, 0.29) is 5.82 Å². The van der Waals surface area contributed by atoms with Gasteiger partial charge in [-0.05, 0) is 19.2 Å². The number of nitrogens with one attached hydrogen (secondary N) is 2. The zero-order chi connectivity index (χ0) is 11.5. The number of halogens is 2. The molecule has 0 amide bonds. The summed E-state index contributed by atoms with van der Waals surface area (Å²) >= 11 is 5.94. The molecular weight excluding hydrogens is 229 g/mol. The van der Waals surface area contributed by atoms with Gasteiger partial charge < -0.3 is 10.3 Å². The minimum Gasteiger partial charge on any atom is -0.339 e. The number of aromatic nitrogens is 2. The summed E-state index contributed by atoms with van der Waals surface area (Å²) < 4.78 is 13.0. The van der Waals surface area contributed by atoms with Crippen LogP contribution in [0.3, 0.4) is 0 Å². The normalized spacial score (nSPS) is 10.7. The van der Waals surface area contributed by atoms with Gasteiger partial charge in [0.25, 0.3) is 0 Å². The molecule has 1 aromatic carbocycles. The van der Waals surface area contributed by atoms with Crippen LogP contribution in [-0.2, 0) is 6.54 Å². The van der Waals surface area contributed by atoms with Crippen molar-refractivity contribution in [1.29, 1.82) is 0 Å². The van der Waals surface area contributed by atoms with Crippen LogP contribution in [0.4, 0.5) is 4.39 Å². The molecular formula is C11H11ClFN3. The number of hydrogen-bond acceptors (Lipinski definition) is 2. The monoisotopic (exact) mass is 239 g/mol. The first-order valence-electron chi connectivity index (χ1n) is 4.85. The molecule has 0 bridgehead atoms. The highest BCUT2D eigenvalue weighted by molar-refractivity contribution is 6.30. The molecule has 0 spiro atoms. The number of imidazole rings is 1. The Kier molecular flexibility index (Phi) is 3.22. The Balaban J connectivity index is 2.37. The van der Waals surface area contributed by atoms with Gasteiger partial charge in [0.2, 0.25) is 0 Å². The van der Waals surface area contributed by atoms with Crippen molar-refractivity contribution in [3.63, 3.8) is 0 Å². The molecule has 0 aliphatic carbocycles. The maximum Gasteiger partial charge on any atom is 0.152 e. The number of nitrogens with zero attached hydrogens (tertiary/aromatic N) is 1. The van der Waals surface area contributed by atoms with Crippen LogP contribution in [0, 0.1) is 5.82 Å². The van der Waals surface area contributed by atoms with E-state index in [9.17, 15) is 4.39 Å². The highest BCUT2D eigenvalue weighted by Gasteiger charge is 2.09. The summed E-state index contributed by atoms with van der Waals surface area (Å²) in [5, 5.41) is 3.38. The van der Waals surface area contributed by atoms with E-state index in [0.717, 1.165) is 5.69 Å². The summed E-state index contributed by atoms with van der Waals surface area (Å²) in [6.45, 7) is 0.598. The predicted octanol–water partition coefficient (Wildman–Crippen LogP) is 2.59. The molecule has 5 heteroatoms.